The van der Waals surface area contributed by atoms with E-state index in [-0.39, 0.29) is 24.3 Å². The largest absolute Gasteiger partial charge is 0.324 e. The van der Waals surface area contributed by atoms with E-state index in [1.807, 2.05) is 79.1 Å². The number of aryl methyl sites for hydroxylation is 1. The van der Waals surface area contributed by atoms with E-state index in [1.54, 1.807) is 0 Å². The third-order valence-electron chi connectivity index (χ3n) is 6.01. The minimum atomic E-state index is -0.121. The number of nitrogens with zero attached hydrogens (tertiary/aromatic N) is 2. The molecular weight excluding hydrogens is 498 g/mol. The van der Waals surface area contributed by atoms with Crippen LogP contribution < -0.4 is 27.2 Å². The van der Waals surface area contributed by atoms with E-state index in [0.29, 0.717) is 11.6 Å². The number of rotatable bonds is 12. The second-order valence-corrected chi connectivity index (χ2v) is 10.3. The maximum atomic E-state index is 12.4. The molecule has 7 N–H and O–H groups in total. The number of hydrogen-bond donors (Lipinski definition) is 5. The highest BCUT2D eigenvalue weighted by Gasteiger charge is 2.13. The van der Waals surface area contributed by atoms with Gasteiger partial charge in [-0.15, -0.1) is 10.2 Å². The Morgan fingerprint density at radius 2 is 1.68 bits per heavy atom. The van der Waals surface area contributed by atoms with Crippen molar-refractivity contribution in [2.75, 3.05) is 5.32 Å². The van der Waals surface area contributed by atoms with Gasteiger partial charge in [0.15, 0.2) is 0 Å². The molecule has 2 heterocycles. The number of carbonyl (C=O) groups is 2. The molecular formula is C28H34N7O2S+. The Morgan fingerprint density at radius 1 is 0.947 bits per heavy atom. The summed E-state index contributed by atoms with van der Waals surface area (Å²) in [7, 11) is 0. The number of nitrogens with one attached hydrogen (secondary N) is 3. The lowest BCUT2D eigenvalue weighted by Gasteiger charge is -2.15. The number of amides is 2. The lowest BCUT2D eigenvalue weighted by atomic mass is 10.0. The highest BCUT2D eigenvalue weighted by Crippen LogP contribution is 2.19. The van der Waals surface area contributed by atoms with Gasteiger partial charge in [-0.05, 0) is 49.0 Å². The van der Waals surface area contributed by atoms with Crippen LogP contribution in [0.1, 0.15) is 53.9 Å². The second kappa shape index (κ2) is 13.6. The van der Waals surface area contributed by atoms with E-state index >= 15 is 0 Å². The first-order chi connectivity index (χ1) is 18.4. The summed E-state index contributed by atoms with van der Waals surface area (Å²) in [5.74, 6) is 0.588. The van der Waals surface area contributed by atoms with Gasteiger partial charge in [0.25, 0.3) is 0 Å². The van der Waals surface area contributed by atoms with Crippen molar-refractivity contribution in [3.63, 3.8) is 0 Å². The molecule has 0 saturated carbocycles. The van der Waals surface area contributed by atoms with E-state index in [0.717, 1.165) is 58.9 Å². The van der Waals surface area contributed by atoms with Gasteiger partial charge in [-0.3, -0.25) is 14.9 Å². The molecule has 2 amide bonds. The second-order valence-electron chi connectivity index (χ2n) is 9.28. The van der Waals surface area contributed by atoms with Crippen LogP contribution in [0.25, 0.3) is 0 Å². The van der Waals surface area contributed by atoms with Crippen LogP contribution >= 0.6 is 11.3 Å². The lowest BCUT2D eigenvalue weighted by Crippen LogP contribution is -2.93. The van der Waals surface area contributed by atoms with Gasteiger partial charge in [-0.25, -0.2) is 5.43 Å². The fourth-order valence-corrected chi connectivity index (χ4v) is 4.81. The SMILES string of the molecule is CC(N)c1cccc(CC(=O)Nc2nnc(CCCCC3=CC=C(NC(=O)Cc4ccccc4)[NH2+]N3)s2)c1. The molecule has 1 aliphatic heterocycles. The fourth-order valence-electron chi connectivity index (χ4n) is 4.01. The van der Waals surface area contributed by atoms with Gasteiger partial charge in [0.1, 0.15) is 5.01 Å². The smallest absolute Gasteiger partial charge is 0.232 e. The van der Waals surface area contributed by atoms with Crippen LogP contribution in [0.2, 0.25) is 0 Å². The first kappa shape index (κ1) is 27.2. The summed E-state index contributed by atoms with van der Waals surface area (Å²) in [6.45, 7) is 1.92. The molecule has 0 spiro atoms. The van der Waals surface area contributed by atoms with Crippen LogP contribution in [0.5, 0.6) is 0 Å². The highest BCUT2D eigenvalue weighted by molar-refractivity contribution is 7.15. The molecule has 10 heteroatoms. The Morgan fingerprint density at radius 3 is 2.45 bits per heavy atom. The fraction of sp³-hybridized carbons (Fsp3) is 0.286. The summed E-state index contributed by atoms with van der Waals surface area (Å²) in [6.07, 6.45) is 8.16. The third kappa shape index (κ3) is 8.62. The maximum Gasteiger partial charge on any atom is 0.232 e. The molecule has 0 bridgehead atoms. The molecule has 0 radical (unpaired) electrons. The molecule has 0 fully saturated rings. The number of carbonyl (C=O) groups excluding carboxylic acids is 2. The Kier molecular flexibility index (Phi) is 9.74. The van der Waals surface area contributed by atoms with E-state index in [1.165, 1.54) is 11.3 Å². The van der Waals surface area contributed by atoms with Crippen molar-refractivity contribution in [2.45, 2.75) is 51.5 Å². The van der Waals surface area contributed by atoms with Crippen LogP contribution in [0.4, 0.5) is 5.13 Å². The monoisotopic (exact) mass is 532 g/mol. The number of allylic oxidation sites excluding steroid dienone is 3. The average Bonchev–Trinajstić information content (AvgIpc) is 3.35. The molecule has 9 nitrogen and oxygen atoms in total. The van der Waals surface area contributed by atoms with Crippen LogP contribution in [0, 0.1) is 0 Å². The normalized spacial score (nSPS) is 13.6. The number of anilines is 1. The van der Waals surface area contributed by atoms with Crippen LogP contribution in [-0.4, -0.2) is 22.0 Å². The molecule has 0 saturated heterocycles. The number of nitrogens with two attached hydrogens (primary N) is 2. The van der Waals surface area contributed by atoms with Crippen molar-refractivity contribution in [1.29, 1.82) is 0 Å². The first-order valence-electron chi connectivity index (χ1n) is 12.8. The standard InChI is InChI=1S/C28H33N7O2S/c1-19(29)22-11-7-10-21(16-22)18-26(37)31-28-35-34-27(38-28)13-6-5-12-23-14-15-24(33-32-23)30-25(36)17-20-8-3-2-4-9-20/h2-4,7-11,14-16,19,32-33H,5-6,12-13,17-18,29H2,1H3,(H,30,36)(H,31,35,37)/p+1. The molecule has 1 unspecified atom stereocenters. The number of hydrogen-bond acceptors (Lipinski definition) is 7. The summed E-state index contributed by atoms with van der Waals surface area (Å²) in [5.41, 5.74) is 15.0. The Balaban J connectivity index is 1.14. The molecule has 1 atom stereocenters. The maximum absolute atomic E-state index is 12.4. The van der Waals surface area contributed by atoms with Gasteiger partial charge in [-0.2, -0.15) is 5.43 Å². The summed E-state index contributed by atoms with van der Waals surface area (Å²) < 4.78 is 0. The van der Waals surface area contributed by atoms with Gasteiger partial charge in [-0.1, -0.05) is 65.9 Å². The van der Waals surface area contributed by atoms with Gasteiger partial charge < -0.3 is 11.1 Å². The Hall–Kier alpha value is -3.86. The average molecular weight is 533 g/mol. The quantitative estimate of drug-likeness (QED) is 0.180. The predicted molar refractivity (Wildman–Crippen MR) is 148 cm³/mol. The van der Waals surface area contributed by atoms with Crippen molar-refractivity contribution >= 4 is 28.3 Å². The summed E-state index contributed by atoms with van der Waals surface area (Å²) in [6, 6.07) is 17.4. The van der Waals surface area contributed by atoms with Crippen molar-refractivity contribution in [3.8, 4) is 0 Å². The van der Waals surface area contributed by atoms with Crippen LogP contribution in [0.15, 0.2) is 78.3 Å². The van der Waals surface area contributed by atoms with Crippen LogP contribution in [0.3, 0.4) is 0 Å². The van der Waals surface area contributed by atoms with E-state index in [4.69, 9.17) is 5.73 Å². The van der Waals surface area contributed by atoms with Crippen molar-refractivity contribution in [1.82, 2.24) is 20.9 Å². The Labute approximate surface area is 226 Å². The number of quaternary nitrogens is 1. The van der Waals surface area contributed by atoms with Gasteiger partial charge in [0.05, 0.1) is 18.5 Å². The van der Waals surface area contributed by atoms with Crippen molar-refractivity contribution < 1.29 is 15.0 Å². The lowest BCUT2D eigenvalue weighted by molar-refractivity contribution is -0.664. The molecule has 2 aromatic carbocycles. The van der Waals surface area contributed by atoms with E-state index in [2.05, 4.69) is 26.3 Å². The zero-order valence-electron chi connectivity index (χ0n) is 21.4. The molecule has 0 aliphatic carbocycles. The first-order valence-corrected chi connectivity index (χ1v) is 13.6. The molecule has 38 heavy (non-hydrogen) atoms. The number of aromatic nitrogens is 2. The van der Waals surface area contributed by atoms with Gasteiger partial charge in [0, 0.05) is 18.5 Å². The summed E-state index contributed by atoms with van der Waals surface area (Å²) in [5, 5.41) is 15.5. The topological polar surface area (TPSA) is 139 Å². The molecule has 1 aromatic heterocycles. The number of benzene rings is 2. The molecule has 198 valence electrons. The van der Waals surface area contributed by atoms with E-state index in [9.17, 15) is 9.59 Å². The highest BCUT2D eigenvalue weighted by atomic mass is 32.1. The molecule has 3 aromatic rings. The minimum absolute atomic E-state index is 0.0413. The van der Waals surface area contributed by atoms with Crippen molar-refractivity contribution in [2.24, 2.45) is 5.73 Å². The summed E-state index contributed by atoms with van der Waals surface area (Å²) in [4.78, 5) is 24.7. The zero-order chi connectivity index (χ0) is 26.7. The molecule has 4 rings (SSSR count). The van der Waals surface area contributed by atoms with Crippen molar-refractivity contribution in [3.05, 3.63) is 100.0 Å². The van der Waals surface area contributed by atoms with E-state index < -0.39 is 0 Å². The number of unbranched alkanes of at least 4 members (excludes halogenated alkanes) is 1. The van der Waals surface area contributed by atoms with Crippen LogP contribution in [-0.2, 0) is 28.9 Å². The third-order valence-corrected chi connectivity index (χ3v) is 6.91. The van der Waals surface area contributed by atoms with Gasteiger partial charge >= 0.3 is 0 Å². The minimum Gasteiger partial charge on any atom is -0.324 e. The van der Waals surface area contributed by atoms with Gasteiger partial charge in [0.2, 0.25) is 22.8 Å². The zero-order valence-corrected chi connectivity index (χ0v) is 22.3. The Bertz CT molecular complexity index is 1300. The molecule has 1 aliphatic rings. The predicted octanol–water partition coefficient (Wildman–Crippen LogP) is 2.62. The summed E-state index contributed by atoms with van der Waals surface area (Å²) >= 11 is 1.41.